The fourth-order valence-corrected chi connectivity index (χ4v) is 5.09. The summed E-state index contributed by atoms with van der Waals surface area (Å²) in [5.41, 5.74) is 2.11. The molecule has 0 saturated heterocycles. The summed E-state index contributed by atoms with van der Waals surface area (Å²) in [6.45, 7) is 9.01. The summed E-state index contributed by atoms with van der Waals surface area (Å²) in [7, 11) is 0. The van der Waals surface area contributed by atoms with Crippen LogP contribution in [0.15, 0.2) is 36.0 Å². The van der Waals surface area contributed by atoms with Crippen molar-refractivity contribution in [3.05, 3.63) is 36.0 Å². The lowest BCUT2D eigenvalue weighted by Crippen LogP contribution is -2.51. The van der Waals surface area contributed by atoms with E-state index in [1.54, 1.807) is 6.08 Å². The summed E-state index contributed by atoms with van der Waals surface area (Å²) in [6, 6.07) is 0. The standard InChI is InChI=1S/C20H32O3/c1-15-5-8-18-19(2,14-23)10-4-11-20(18,3)17(15)7-6-16(13-22)9-12-21/h6-7,9,17-18,21-23H,1,4-5,8,10-14H2,2-3H3/b7-6+,16-9-/t17-,18-,19+,20+/m1/s1. The number of aliphatic hydroxyl groups is 3. The summed E-state index contributed by atoms with van der Waals surface area (Å²) in [6.07, 6.45) is 11.2. The van der Waals surface area contributed by atoms with Crippen LogP contribution < -0.4 is 0 Å². The maximum absolute atomic E-state index is 9.97. The molecule has 4 atom stereocenters. The van der Waals surface area contributed by atoms with Crippen molar-refractivity contribution in [3.63, 3.8) is 0 Å². The lowest BCUT2D eigenvalue weighted by atomic mass is 9.47. The number of rotatable bonds is 5. The minimum absolute atomic E-state index is 0.000532. The Morgan fingerprint density at radius 2 is 2.00 bits per heavy atom. The van der Waals surface area contributed by atoms with Gasteiger partial charge in [0.25, 0.3) is 0 Å². The van der Waals surface area contributed by atoms with E-state index in [1.807, 2.05) is 6.08 Å². The van der Waals surface area contributed by atoms with Crippen LogP contribution in [0.3, 0.4) is 0 Å². The Labute approximate surface area is 140 Å². The van der Waals surface area contributed by atoms with E-state index in [2.05, 4.69) is 26.5 Å². The molecule has 0 bridgehead atoms. The predicted octanol–water partition coefficient (Wildman–Crippen LogP) is 3.22. The molecule has 0 aromatic heterocycles. The maximum Gasteiger partial charge on any atom is 0.0679 e. The Balaban J connectivity index is 2.32. The summed E-state index contributed by atoms with van der Waals surface area (Å²) in [5, 5.41) is 28.4. The zero-order chi connectivity index (χ0) is 17.1. The smallest absolute Gasteiger partial charge is 0.0679 e. The number of allylic oxidation sites excluding steroid dienone is 2. The van der Waals surface area contributed by atoms with Gasteiger partial charge in [-0.3, -0.25) is 0 Å². The molecule has 0 spiro atoms. The summed E-state index contributed by atoms with van der Waals surface area (Å²) in [4.78, 5) is 0. The van der Waals surface area contributed by atoms with Crippen LogP contribution in [0.25, 0.3) is 0 Å². The highest BCUT2D eigenvalue weighted by atomic mass is 16.3. The van der Waals surface area contributed by atoms with Gasteiger partial charge in [-0.15, -0.1) is 0 Å². The Morgan fingerprint density at radius 3 is 2.61 bits per heavy atom. The first-order valence-electron chi connectivity index (χ1n) is 8.79. The molecule has 0 amide bonds. The van der Waals surface area contributed by atoms with Crippen molar-refractivity contribution in [2.45, 2.75) is 46.0 Å². The van der Waals surface area contributed by atoms with Gasteiger partial charge in [0.15, 0.2) is 0 Å². The quantitative estimate of drug-likeness (QED) is 0.538. The maximum atomic E-state index is 9.97. The molecule has 3 heteroatoms. The zero-order valence-corrected chi connectivity index (χ0v) is 14.6. The van der Waals surface area contributed by atoms with E-state index in [4.69, 9.17) is 5.11 Å². The first-order chi connectivity index (χ1) is 10.9. The highest BCUT2D eigenvalue weighted by Crippen LogP contribution is 2.61. The molecule has 130 valence electrons. The fraction of sp³-hybridized carbons (Fsp3) is 0.700. The Bertz CT molecular complexity index is 493. The van der Waals surface area contributed by atoms with Crippen molar-refractivity contribution in [1.82, 2.24) is 0 Å². The second-order valence-corrected chi connectivity index (χ2v) is 7.88. The van der Waals surface area contributed by atoms with Crippen molar-refractivity contribution in [2.24, 2.45) is 22.7 Å². The van der Waals surface area contributed by atoms with Crippen LogP contribution in [-0.2, 0) is 0 Å². The average Bonchev–Trinajstić information content (AvgIpc) is 2.52. The molecule has 3 N–H and O–H groups in total. The first-order valence-corrected chi connectivity index (χ1v) is 8.79. The number of hydrogen-bond acceptors (Lipinski definition) is 3. The van der Waals surface area contributed by atoms with Gasteiger partial charge < -0.3 is 15.3 Å². The van der Waals surface area contributed by atoms with Crippen molar-refractivity contribution < 1.29 is 15.3 Å². The van der Waals surface area contributed by atoms with Gasteiger partial charge in [-0.2, -0.15) is 0 Å². The van der Waals surface area contributed by atoms with Gasteiger partial charge in [-0.1, -0.05) is 50.6 Å². The summed E-state index contributed by atoms with van der Waals surface area (Å²) in [5.74, 6) is 0.759. The normalized spacial score (nSPS) is 38.8. The van der Waals surface area contributed by atoms with Gasteiger partial charge in [0.1, 0.15) is 0 Å². The van der Waals surface area contributed by atoms with E-state index in [0.29, 0.717) is 5.92 Å². The third-order valence-corrected chi connectivity index (χ3v) is 6.41. The molecule has 2 aliphatic carbocycles. The van der Waals surface area contributed by atoms with E-state index in [-0.39, 0.29) is 36.6 Å². The highest BCUT2D eigenvalue weighted by Gasteiger charge is 2.53. The second kappa shape index (κ2) is 7.33. The lowest BCUT2D eigenvalue weighted by Gasteiger charge is -2.57. The van der Waals surface area contributed by atoms with E-state index in [0.717, 1.165) is 37.7 Å². The van der Waals surface area contributed by atoms with Crippen molar-refractivity contribution >= 4 is 0 Å². The Morgan fingerprint density at radius 1 is 1.26 bits per heavy atom. The lowest BCUT2D eigenvalue weighted by molar-refractivity contribution is -0.0749. The van der Waals surface area contributed by atoms with Crippen molar-refractivity contribution in [1.29, 1.82) is 0 Å². The second-order valence-electron chi connectivity index (χ2n) is 7.88. The molecule has 0 radical (unpaired) electrons. The van der Waals surface area contributed by atoms with Gasteiger partial charge in [0.2, 0.25) is 0 Å². The molecule has 2 rings (SSSR count). The van der Waals surface area contributed by atoms with E-state index in [1.165, 1.54) is 5.57 Å². The van der Waals surface area contributed by atoms with Gasteiger partial charge in [-0.05, 0) is 48.0 Å². The van der Waals surface area contributed by atoms with Gasteiger partial charge in [0, 0.05) is 12.5 Å². The van der Waals surface area contributed by atoms with Gasteiger partial charge in [-0.25, -0.2) is 0 Å². The molecule has 0 heterocycles. The summed E-state index contributed by atoms with van der Waals surface area (Å²) >= 11 is 0. The molecule has 0 aromatic carbocycles. The van der Waals surface area contributed by atoms with Gasteiger partial charge in [0.05, 0.1) is 13.2 Å². The highest BCUT2D eigenvalue weighted by molar-refractivity contribution is 5.27. The van der Waals surface area contributed by atoms with Crippen molar-refractivity contribution in [2.75, 3.05) is 19.8 Å². The molecule has 3 nitrogen and oxygen atoms in total. The predicted molar refractivity (Wildman–Crippen MR) is 93.9 cm³/mol. The van der Waals surface area contributed by atoms with Crippen LogP contribution in [0.5, 0.6) is 0 Å². The molecule has 23 heavy (non-hydrogen) atoms. The SMILES string of the molecule is C=C1CC[C@@H]2[C@](C)(CO)CCC[C@@]2(C)[C@@H]1/C=C/C(=C/CO)CO. The minimum Gasteiger partial charge on any atom is -0.396 e. The van der Waals surface area contributed by atoms with Crippen LogP contribution in [0, 0.1) is 22.7 Å². The fourth-order valence-electron chi connectivity index (χ4n) is 5.09. The summed E-state index contributed by atoms with van der Waals surface area (Å²) < 4.78 is 0. The number of fused-ring (bicyclic) bond motifs is 1. The van der Waals surface area contributed by atoms with Crippen LogP contribution in [0.1, 0.15) is 46.0 Å². The minimum atomic E-state index is -0.0647. The van der Waals surface area contributed by atoms with Crippen molar-refractivity contribution in [3.8, 4) is 0 Å². The zero-order valence-electron chi connectivity index (χ0n) is 14.6. The van der Waals surface area contributed by atoms with Gasteiger partial charge >= 0.3 is 0 Å². The first kappa shape index (κ1) is 18.4. The molecule has 2 aliphatic rings. The van der Waals surface area contributed by atoms with Crippen LogP contribution in [0.2, 0.25) is 0 Å². The molecule has 0 aromatic rings. The van der Waals surface area contributed by atoms with Crippen LogP contribution in [-0.4, -0.2) is 35.1 Å². The average molecular weight is 320 g/mol. The monoisotopic (exact) mass is 320 g/mol. The van der Waals surface area contributed by atoms with Crippen LogP contribution >= 0.6 is 0 Å². The molecular formula is C20H32O3. The van der Waals surface area contributed by atoms with E-state index < -0.39 is 0 Å². The Kier molecular flexibility index (Phi) is 5.88. The van der Waals surface area contributed by atoms with E-state index >= 15 is 0 Å². The number of hydrogen-bond donors (Lipinski definition) is 3. The number of aliphatic hydroxyl groups excluding tert-OH is 3. The molecule has 2 fully saturated rings. The largest absolute Gasteiger partial charge is 0.396 e. The van der Waals surface area contributed by atoms with E-state index in [9.17, 15) is 10.2 Å². The molecular weight excluding hydrogens is 288 g/mol. The molecule has 2 saturated carbocycles. The third-order valence-electron chi connectivity index (χ3n) is 6.41. The Hall–Kier alpha value is -0.900. The third kappa shape index (κ3) is 3.47. The molecule has 0 unspecified atom stereocenters. The topological polar surface area (TPSA) is 60.7 Å². The van der Waals surface area contributed by atoms with Crippen LogP contribution in [0.4, 0.5) is 0 Å². The molecule has 0 aliphatic heterocycles.